The zero-order chi connectivity index (χ0) is 8.70. The van der Waals surface area contributed by atoms with Crippen molar-refractivity contribution in [3.05, 3.63) is 0 Å². The van der Waals surface area contributed by atoms with E-state index in [1.807, 2.05) is 0 Å². The van der Waals surface area contributed by atoms with E-state index in [0.717, 1.165) is 5.92 Å². The molecule has 0 amide bonds. The minimum Gasteiger partial charge on any atom is -0.307 e. The van der Waals surface area contributed by atoms with E-state index < -0.39 is 0 Å². The molecule has 1 saturated heterocycles. The first-order valence-electron chi connectivity index (χ1n) is 4.60. The summed E-state index contributed by atoms with van der Waals surface area (Å²) in [7, 11) is 0. The maximum atomic E-state index is 3.66. The largest absolute Gasteiger partial charge is 0.307 e. The average Bonchev–Trinajstić information content (AvgIpc) is 1.49. The molecule has 0 aromatic heterocycles. The van der Waals surface area contributed by atoms with E-state index in [4.69, 9.17) is 0 Å². The van der Waals surface area contributed by atoms with Gasteiger partial charge in [0.15, 0.2) is 0 Å². The number of piperidine rings is 1. The Bertz CT molecular complexity index is 131. The third-order valence-corrected chi connectivity index (χ3v) is 2.39. The van der Waals surface area contributed by atoms with Gasteiger partial charge in [0, 0.05) is 11.1 Å². The summed E-state index contributed by atoms with van der Waals surface area (Å²) in [5, 5.41) is 3.66. The molecule has 1 fully saturated rings. The number of nitrogens with one attached hydrogen (secondary N) is 1. The van der Waals surface area contributed by atoms with Crippen molar-refractivity contribution in [2.24, 2.45) is 5.92 Å². The van der Waals surface area contributed by atoms with E-state index in [2.05, 4.69) is 39.9 Å². The summed E-state index contributed by atoms with van der Waals surface area (Å²) < 4.78 is 0. The van der Waals surface area contributed by atoms with Crippen LogP contribution >= 0.6 is 0 Å². The molecule has 1 N–H and O–H groups in total. The standard InChI is InChI=1S/C10H21N.CH4/c1-8-6-9(2,3)11-10(4,5)7-8;/h8,11H,6-7H2,1-5H3;1H4. The lowest BCUT2D eigenvalue weighted by Gasteiger charge is -2.45. The molecule has 1 rings (SSSR count). The molecule has 74 valence electrons. The molecular formula is C11H25N. The second-order valence-corrected chi connectivity index (χ2v) is 5.41. The summed E-state index contributed by atoms with van der Waals surface area (Å²) in [5.41, 5.74) is 0.669. The van der Waals surface area contributed by atoms with Crippen molar-refractivity contribution in [2.75, 3.05) is 0 Å². The highest BCUT2D eigenvalue weighted by Crippen LogP contribution is 2.31. The molecule has 1 nitrogen and oxygen atoms in total. The Kier molecular flexibility index (Phi) is 3.36. The van der Waals surface area contributed by atoms with Gasteiger partial charge in [-0.25, -0.2) is 0 Å². The van der Waals surface area contributed by atoms with Gasteiger partial charge in [-0.3, -0.25) is 0 Å². The van der Waals surface area contributed by atoms with E-state index in [9.17, 15) is 0 Å². The van der Waals surface area contributed by atoms with E-state index in [-0.39, 0.29) is 7.43 Å². The monoisotopic (exact) mass is 171 g/mol. The van der Waals surface area contributed by atoms with Gasteiger partial charge in [-0.15, -0.1) is 0 Å². The van der Waals surface area contributed by atoms with Crippen LogP contribution in [0.15, 0.2) is 0 Å². The molecule has 0 bridgehead atoms. The fraction of sp³-hybridized carbons (Fsp3) is 1.00. The Balaban J connectivity index is 0.00000121. The van der Waals surface area contributed by atoms with Crippen molar-refractivity contribution < 1.29 is 0 Å². The quantitative estimate of drug-likeness (QED) is 0.590. The fourth-order valence-electron chi connectivity index (χ4n) is 2.83. The maximum absolute atomic E-state index is 3.66. The first kappa shape index (κ1) is 12.0. The molecule has 0 radical (unpaired) electrons. The van der Waals surface area contributed by atoms with Crippen molar-refractivity contribution in [2.45, 2.75) is 66.0 Å². The third-order valence-electron chi connectivity index (χ3n) is 2.39. The molecular weight excluding hydrogens is 146 g/mol. The Morgan fingerprint density at radius 2 is 1.33 bits per heavy atom. The topological polar surface area (TPSA) is 12.0 Å². The molecule has 0 atom stereocenters. The van der Waals surface area contributed by atoms with Crippen LogP contribution in [-0.4, -0.2) is 11.1 Å². The highest BCUT2D eigenvalue weighted by atomic mass is 15.0. The molecule has 0 unspecified atom stereocenters. The van der Waals surface area contributed by atoms with Crippen LogP contribution in [0.4, 0.5) is 0 Å². The van der Waals surface area contributed by atoms with Gasteiger partial charge < -0.3 is 5.32 Å². The van der Waals surface area contributed by atoms with Crippen molar-refractivity contribution in [3.8, 4) is 0 Å². The van der Waals surface area contributed by atoms with E-state index in [1.165, 1.54) is 12.8 Å². The van der Waals surface area contributed by atoms with Gasteiger partial charge in [0.1, 0.15) is 0 Å². The number of hydrogen-bond donors (Lipinski definition) is 1. The third kappa shape index (κ3) is 3.14. The summed E-state index contributed by atoms with van der Waals surface area (Å²) in [5.74, 6) is 0.862. The molecule has 0 aliphatic carbocycles. The lowest BCUT2D eigenvalue weighted by molar-refractivity contribution is 0.138. The fourth-order valence-corrected chi connectivity index (χ4v) is 2.83. The molecule has 1 heterocycles. The van der Waals surface area contributed by atoms with Gasteiger partial charge in [-0.1, -0.05) is 14.4 Å². The van der Waals surface area contributed by atoms with Crippen LogP contribution in [0, 0.1) is 5.92 Å². The Hall–Kier alpha value is -0.0400. The van der Waals surface area contributed by atoms with Crippen LogP contribution < -0.4 is 5.32 Å². The highest BCUT2D eigenvalue weighted by Gasteiger charge is 2.35. The summed E-state index contributed by atoms with van der Waals surface area (Å²) in [6, 6.07) is 0. The Morgan fingerprint density at radius 3 is 1.58 bits per heavy atom. The van der Waals surface area contributed by atoms with Crippen molar-refractivity contribution in [1.82, 2.24) is 5.32 Å². The second kappa shape index (κ2) is 3.37. The molecule has 0 spiro atoms. The van der Waals surface area contributed by atoms with Crippen LogP contribution in [0.1, 0.15) is 54.9 Å². The van der Waals surface area contributed by atoms with Crippen molar-refractivity contribution >= 4 is 0 Å². The predicted octanol–water partition coefficient (Wildman–Crippen LogP) is 3.20. The maximum Gasteiger partial charge on any atom is 0.0132 e. The minimum absolute atomic E-state index is 0. The van der Waals surface area contributed by atoms with Gasteiger partial charge in [0.25, 0.3) is 0 Å². The van der Waals surface area contributed by atoms with Gasteiger partial charge in [-0.05, 0) is 46.5 Å². The van der Waals surface area contributed by atoms with E-state index in [1.54, 1.807) is 0 Å². The van der Waals surface area contributed by atoms with E-state index >= 15 is 0 Å². The van der Waals surface area contributed by atoms with Gasteiger partial charge in [0.05, 0.1) is 0 Å². The predicted molar refractivity (Wildman–Crippen MR) is 56.4 cm³/mol. The number of rotatable bonds is 0. The molecule has 1 aliphatic rings. The summed E-state index contributed by atoms with van der Waals surface area (Å²) in [6.45, 7) is 11.5. The normalized spacial score (nSPS) is 27.8. The molecule has 1 heteroatoms. The van der Waals surface area contributed by atoms with Gasteiger partial charge >= 0.3 is 0 Å². The van der Waals surface area contributed by atoms with Crippen molar-refractivity contribution in [3.63, 3.8) is 0 Å². The second-order valence-electron chi connectivity index (χ2n) is 5.41. The summed E-state index contributed by atoms with van der Waals surface area (Å²) >= 11 is 0. The molecule has 0 saturated carbocycles. The number of hydrogen-bond acceptors (Lipinski definition) is 1. The zero-order valence-electron chi connectivity index (χ0n) is 8.49. The van der Waals surface area contributed by atoms with Crippen LogP contribution in [0.2, 0.25) is 0 Å². The van der Waals surface area contributed by atoms with Crippen LogP contribution in [0.5, 0.6) is 0 Å². The average molecular weight is 171 g/mol. The Labute approximate surface area is 77.9 Å². The first-order chi connectivity index (χ1) is 4.81. The lowest BCUT2D eigenvalue weighted by Crippen LogP contribution is -2.57. The SMILES string of the molecule is C.CC1CC(C)(C)NC(C)(C)C1. The summed E-state index contributed by atoms with van der Waals surface area (Å²) in [6.07, 6.45) is 2.60. The van der Waals surface area contributed by atoms with E-state index in [0.29, 0.717) is 11.1 Å². The molecule has 0 aromatic carbocycles. The van der Waals surface area contributed by atoms with Gasteiger partial charge in [-0.2, -0.15) is 0 Å². The minimum atomic E-state index is 0. The molecule has 0 aromatic rings. The highest BCUT2D eigenvalue weighted by molar-refractivity contribution is 4.95. The summed E-state index contributed by atoms with van der Waals surface area (Å²) in [4.78, 5) is 0. The smallest absolute Gasteiger partial charge is 0.0132 e. The van der Waals surface area contributed by atoms with Crippen LogP contribution in [-0.2, 0) is 0 Å². The molecule has 12 heavy (non-hydrogen) atoms. The van der Waals surface area contributed by atoms with Crippen LogP contribution in [0.25, 0.3) is 0 Å². The molecule has 1 aliphatic heterocycles. The van der Waals surface area contributed by atoms with Crippen molar-refractivity contribution in [1.29, 1.82) is 0 Å². The lowest BCUT2D eigenvalue weighted by atomic mass is 9.77. The Morgan fingerprint density at radius 1 is 1.00 bits per heavy atom. The van der Waals surface area contributed by atoms with Gasteiger partial charge in [0.2, 0.25) is 0 Å². The van der Waals surface area contributed by atoms with Crippen LogP contribution in [0.3, 0.4) is 0 Å². The first-order valence-corrected chi connectivity index (χ1v) is 4.60. The zero-order valence-corrected chi connectivity index (χ0v) is 8.49.